The van der Waals surface area contributed by atoms with Gasteiger partial charge in [-0.05, 0) is 18.4 Å². The van der Waals surface area contributed by atoms with Crippen LogP contribution < -0.4 is 5.32 Å². The number of aryl methyl sites for hydroxylation is 1. The Morgan fingerprint density at radius 3 is 2.65 bits per heavy atom. The van der Waals surface area contributed by atoms with Crippen LogP contribution in [-0.2, 0) is 11.8 Å². The predicted octanol–water partition coefficient (Wildman–Crippen LogP) is 2.43. The van der Waals surface area contributed by atoms with Gasteiger partial charge in [0.1, 0.15) is 11.9 Å². The maximum atomic E-state index is 12.3. The van der Waals surface area contributed by atoms with Gasteiger partial charge in [0.25, 0.3) is 0 Å². The minimum Gasteiger partial charge on any atom is -0.342 e. The number of amides is 1. The quantitative estimate of drug-likeness (QED) is 0.926. The molecule has 1 aliphatic carbocycles. The smallest absolute Gasteiger partial charge is 0.223 e. The molecule has 0 aliphatic heterocycles. The van der Waals surface area contributed by atoms with Gasteiger partial charge in [-0.2, -0.15) is 0 Å². The molecule has 104 valence electrons. The van der Waals surface area contributed by atoms with Gasteiger partial charge in [-0.25, -0.2) is 4.98 Å². The molecule has 4 heteroatoms. The molecule has 2 aromatic rings. The lowest BCUT2D eigenvalue weighted by Gasteiger charge is -2.27. The van der Waals surface area contributed by atoms with Crippen molar-refractivity contribution in [3.05, 3.63) is 54.1 Å². The maximum Gasteiger partial charge on any atom is 0.223 e. The second-order valence-electron chi connectivity index (χ2n) is 5.38. The van der Waals surface area contributed by atoms with Crippen LogP contribution in [0, 0.1) is 5.92 Å². The van der Waals surface area contributed by atoms with Crippen LogP contribution in [0.1, 0.15) is 36.7 Å². The van der Waals surface area contributed by atoms with Gasteiger partial charge in [-0.15, -0.1) is 0 Å². The number of carbonyl (C=O) groups is 1. The molecule has 1 aromatic heterocycles. The Morgan fingerprint density at radius 2 is 2.10 bits per heavy atom. The Hall–Kier alpha value is -2.10. The topological polar surface area (TPSA) is 46.9 Å². The fourth-order valence-electron chi connectivity index (χ4n) is 2.53. The van der Waals surface area contributed by atoms with Crippen molar-refractivity contribution in [1.29, 1.82) is 0 Å². The molecule has 1 aromatic carbocycles. The van der Waals surface area contributed by atoms with E-state index in [1.54, 1.807) is 6.20 Å². The maximum absolute atomic E-state index is 12.3. The molecule has 1 atom stereocenters. The lowest BCUT2D eigenvalue weighted by atomic mass is 9.84. The third-order valence-corrected chi connectivity index (χ3v) is 4.01. The molecular formula is C16H19N3O. The average molecular weight is 269 g/mol. The van der Waals surface area contributed by atoms with Crippen molar-refractivity contribution in [2.45, 2.75) is 25.3 Å². The minimum absolute atomic E-state index is 0.146. The molecule has 20 heavy (non-hydrogen) atoms. The van der Waals surface area contributed by atoms with Gasteiger partial charge in [-0.3, -0.25) is 4.79 Å². The van der Waals surface area contributed by atoms with Gasteiger partial charge in [0.05, 0.1) is 0 Å². The molecule has 1 heterocycles. The Bertz CT molecular complexity index is 587. The summed E-state index contributed by atoms with van der Waals surface area (Å²) >= 11 is 0. The highest BCUT2D eigenvalue weighted by molar-refractivity contribution is 5.80. The normalized spacial score (nSPS) is 16.4. The van der Waals surface area contributed by atoms with Crippen LogP contribution in [0.2, 0.25) is 0 Å². The lowest BCUT2D eigenvalue weighted by molar-refractivity contribution is -0.127. The van der Waals surface area contributed by atoms with Crippen LogP contribution in [0.3, 0.4) is 0 Å². The molecule has 3 rings (SSSR count). The van der Waals surface area contributed by atoms with E-state index in [4.69, 9.17) is 0 Å². The Kier molecular flexibility index (Phi) is 3.54. The number of rotatable bonds is 4. The van der Waals surface area contributed by atoms with E-state index in [-0.39, 0.29) is 17.9 Å². The van der Waals surface area contributed by atoms with Gasteiger partial charge < -0.3 is 9.88 Å². The SMILES string of the molecule is Cn1ccnc1C(NC(=O)C1CCC1)c1ccccc1. The second-order valence-corrected chi connectivity index (χ2v) is 5.38. The number of carbonyl (C=O) groups excluding carboxylic acids is 1. The standard InChI is InChI=1S/C16H19N3O/c1-19-11-10-17-15(19)14(12-6-3-2-4-7-12)18-16(20)13-8-5-9-13/h2-4,6-7,10-11,13-14H,5,8-9H2,1H3,(H,18,20). The zero-order chi connectivity index (χ0) is 13.9. The molecule has 0 radical (unpaired) electrons. The molecule has 1 N–H and O–H groups in total. The predicted molar refractivity (Wildman–Crippen MR) is 77.0 cm³/mol. The van der Waals surface area contributed by atoms with Crippen LogP contribution >= 0.6 is 0 Å². The van der Waals surface area contributed by atoms with Gasteiger partial charge >= 0.3 is 0 Å². The van der Waals surface area contributed by atoms with Gasteiger partial charge in [0.2, 0.25) is 5.91 Å². The first-order valence-electron chi connectivity index (χ1n) is 7.08. The molecule has 1 fully saturated rings. The van der Waals surface area contributed by atoms with Crippen molar-refractivity contribution in [3.8, 4) is 0 Å². The molecule has 0 bridgehead atoms. The van der Waals surface area contributed by atoms with E-state index >= 15 is 0 Å². The number of benzene rings is 1. The van der Waals surface area contributed by atoms with E-state index in [0.29, 0.717) is 0 Å². The summed E-state index contributed by atoms with van der Waals surface area (Å²) in [6.45, 7) is 0. The van der Waals surface area contributed by atoms with Crippen LogP contribution in [0.25, 0.3) is 0 Å². The summed E-state index contributed by atoms with van der Waals surface area (Å²) in [5.74, 6) is 1.19. The monoisotopic (exact) mass is 269 g/mol. The third kappa shape index (κ3) is 2.46. The Balaban J connectivity index is 1.87. The molecule has 0 spiro atoms. The highest BCUT2D eigenvalue weighted by Gasteiger charge is 2.29. The molecule has 1 aliphatic rings. The van der Waals surface area contributed by atoms with E-state index in [9.17, 15) is 4.79 Å². The summed E-state index contributed by atoms with van der Waals surface area (Å²) in [5, 5.41) is 3.16. The highest BCUT2D eigenvalue weighted by atomic mass is 16.2. The minimum atomic E-state index is -0.177. The van der Waals surface area contributed by atoms with Crippen molar-refractivity contribution >= 4 is 5.91 Å². The van der Waals surface area contributed by atoms with Crippen LogP contribution in [0.5, 0.6) is 0 Å². The number of aromatic nitrogens is 2. The van der Waals surface area contributed by atoms with Crippen molar-refractivity contribution < 1.29 is 4.79 Å². The summed E-state index contributed by atoms with van der Waals surface area (Å²) < 4.78 is 1.96. The summed E-state index contributed by atoms with van der Waals surface area (Å²) in [4.78, 5) is 16.7. The molecule has 1 amide bonds. The van der Waals surface area contributed by atoms with Gasteiger partial charge in [-0.1, -0.05) is 36.8 Å². The van der Waals surface area contributed by atoms with E-state index in [2.05, 4.69) is 10.3 Å². The third-order valence-electron chi connectivity index (χ3n) is 4.01. The van der Waals surface area contributed by atoms with E-state index in [1.807, 2.05) is 48.1 Å². The van der Waals surface area contributed by atoms with E-state index < -0.39 is 0 Å². The first-order chi connectivity index (χ1) is 9.75. The molecule has 0 saturated heterocycles. The lowest BCUT2D eigenvalue weighted by Crippen LogP contribution is -2.38. The zero-order valence-corrected chi connectivity index (χ0v) is 11.6. The van der Waals surface area contributed by atoms with Crippen molar-refractivity contribution in [2.24, 2.45) is 13.0 Å². The number of nitrogens with zero attached hydrogens (tertiary/aromatic N) is 2. The molecule has 4 nitrogen and oxygen atoms in total. The Labute approximate surface area is 118 Å². The van der Waals surface area contributed by atoms with Crippen LogP contribution in [-0.4, -0.2) is 15.5 Å². The summed E-state index contributed by atoms with van der Waals surface area (Å²) in [7, 11) is 1.95. The molecule has 1 unspecified atom stereocenters. The average Bonchev–Trinajstić information content (AvgIpc) is 2.81. The van der Waals surface area contributed by atoms with E-state index in [1.165, 1.54) is 0 Å². The number of hydrogen-bond acceptors (Lipinski definition) is 2. The number of hydrogen-bond donors (Lipinski definition) is 1. The van der Waals surface area contributed by atoms with Gasteiger partial charge in [0.15, 0.2) is 0 Å². The van der Waals surface area contributed by atoms with Crippen molar-refractivity contribution in [1.82, 2.24) is 14.9 Å². The zero-order valence-electron chi connectivity index (χ0n) is 11.6. The largest absolute Gasteiger partial charge is 0.342 e. The fourth-order valence-corrected chi connectivity index (χ4v) is 2.53. The van der Waals surface area contributed by atoms with Crippen LogP contribution in [0.4, 0.5) is 0 Å². The van der Waals surface area contributed by atoms with Crippen molar-refractivity contribution in [2.75, 3.05) is 0 Å². The fraction of sp³-hybridized carbons (Fsp3) is 0.375. The summed E-state index contributed by atoms with van der Waals surface area (Å²) in [6, 6.07) is 9.83. The van der Waals surface area contributed by atoms with Crippen molar-refractivity contribution in [3.63, 3.8) is 0 Å². The molecular weight excluding hydrogens is 250 g/mol. The van der Waals surface area contributed by atoms with E-state index in [0.717, 1.165) is 30.7 Å². The van der Waals surface area contributed by atoms with Crippen LogP contribution in [0.15, 0.2) is 42.7 Å². The number of imidazole rings is 1. The summed E-state index contributed by atoms with van der Waals surface area (Å²) in [6.07, 6.45) is 6.85. The summed E-state index contributed by atoms with van der Waals surface area (Å²) in [5.41, 5.74) is 1.06. The number of nitrogens with one attached hydrogen (secondary N) is 1. The highest BCUT2D eigenvalue weighted by Crippen LogP contribution is 2.28. The first-order valence-corrected chi connectivity index (χ1v) is 7.08. The Morgan fingerprint density at radius 1 is 1.35 bits per heavy atom. The van der Waals surface area contributed by atoms with Gasteiger partial charge in [0, 0.05) is 25.4 Å². The second kappa shape index (κ2) is 5.49. The first kappa shape index (κ1) is 12.9. The molecule has 1 saturated carbocycles.